The van der Waals surface area contributed by atoms with Gasteiger partial charge in [-0.3, -0.25) is 14.5 Å². The van der Waals surface area contributed by atoms with E-state index in [0.717, 1.165) is 43.0 Å². The molecule has 1 atom stereocenters. The normalized spacial score (nSPS) is 15.5. The van der Waals surface area contributed by atoms with Crippen LogP contribution < -0.4 is 20.3 Å². The predicted octanol–water partition coefficient (Wildman–Crippen LogP) is 1.48. The van der Waals surface area contributed by atoms with Crippen molar-refractivity contribution in [3.63, 3.8) is 0 Å². The number of para-hydroxylation sites is 1. The smallest absolute Gasteiger partial charge is 0.309 e. The third kappa shape index (κ3) is 6.69. The molecule has 1 aliphatic rings. The predicted molar refractivity (Wildman–Crippen MR) is 130 cm³/mol. The van der Waals surface area contributed by atoms with Crippen molar-refractivity contribution < 1.29 is 14.3 Å². The van der Waals surface area contributed by atoms with Crippen molar-refractivity contribution >= 4 is 17.5 Å². The number of amides is 2. The monoisotopic (exact) mass is 453 g/mol. The van der Waals surface area contributed by atoms with Crippen LogP contribution in [0.3, 0.4) is 0 Å². The van der Waals surface area contributed by atoms with Crippen LogP contribution in [-0.4, -0.2) is 82.6 Å². The highest BCUT2D eigenvalue weighted by atomic mass is 16.5. The standard InChI is InChI=1S/C25H35N5O3/c1-28(2)21-11-9-19(10-12-21)22(30-15-13-29(3)14-16-30)18-27-25(32)24(31)26-17-20-7-5-6-8-23(20)33-4/h5-12,22H,13-18H2,1-4H3,(H,26,31)(H,27,32)/t22-/m1/s1. The van der Waals surface area contributed by atoms with Crippen molar-refractivity contribution in [3.05, 3.63) is 59.7 Å². The number of methoxy groups -OCH3 is 1. The fourth-order valence-corrected chi connectivity index (χ4v) is 3.96. The maximum atomic E-state index is 12.5. The molecule has 178 valence electrons. The molecule has 1 saturated heterocycles. The zero-order valence-electron chi connectivity index (χ0n) is 20.0. The van der Waals surface area contributed by atoms with Gasteiger partial charge in [0, 0.05) is 64.6 Å². The van der Waals surface area contributed by atoms with Crippen LogP contribution in [0.1, 0.15) is 17.2 Å². The molecule has 8 nitrogen and oxygen atoms in total. The maximum absolute atomic E-state index is 12.5. The number of hydrogen-bond donors (Lipinski definition) is 2. The highest BCUT2D eigenvalue weighted by Gasteiger charge is 2.25. The van der Waals surface area contributed by atoms with Crippen LogP contribution in [0.4, 0.5) is 5.69 Å². The molecule has 2 amide bonds. The van der Waals surface area contributed by atoms with Crippen LogP contribution in [0.5, 0.6) is 5.75 Å². The number of nitrogens with zero attached hydrogens (tertiary/aromatic N) is 3. The average Bonchev–Trinajstić information content (AvgIpc) is 2.84. The van der Waals surface area contributed by atoms with Crippen molar-refractivity contribution in [2.75, 3.05) is 65.9 Å². The van der Waals surface area contributed by atoms with Crippen LogP contribution in [0.25, 0.3) is 0 Å². The Bertz CT molecular complexity index is 924. The van der Waals surface area contributed by atoms with Gasteiger partial charge in [0.25, 0.3) is 0 Å². The maximum Gasteiger partial charge on any atom is 0.309 e. The van der Waals surface area contributed by atoms with Gasteiger partial charge in [-0.25, -0.2) is 0 Å². The Hall–Kier alpha value is -3.10. The quantitative estimate of drug-likeness (QED) is 0.590. The third-order valence-electron chi connectivity index (χ3n) is 6.07. The Morgan fingerprint density at radius 3 is 2.24 bits per heavy atom. The van der Waals surface area contributed by atoms with E-state index in [9.17, 15) is 9.59 Å². The highest BCUT2D eigenvalue weighted by molar-refractivity contribution is 6.35. The summed E-state index contributed by atoms with van der Waals surface area (Å²) in [6, 6.07) is 15.8. The minimum absolute atomic E-state index is 0.000814. The third-order valence-corrected chi connectivity index (χ3v) is 6.07. The lowest BCUT2D eigenvalue weighted by atomic mass is 10.0. The lowest BCUT2D eigenvalue weighted by Crippen LogP contribution is -2.49. The number of benzene rings is 2. The van der Waals surface area contributed by atoms with E-state index in [1.807, 2.05) is 38.4 Å². The van der Waals surface area contributed by atoms with Crippen LogP contribution in [0.15, 0.2) is 48.5 Å². The Kier molecular flexibility index (Phi) is 8.68. The van der Waals surface area contributed by atoms with Gasteiger partial charge in [0.05, 0.1) is 13.2 Å². The van der Waals surface area contributed by atoms with E-state index in [1.54, 1.807) is 7.11 Å². The summed E-state index contributed by atoms with van der Waals surface area (Å²) in [5.74, 6) is -0.607. The Morgan fingerprint density at radius 2 is 1.61 bits per heavy atom. The highest BCUT2D eigenvalue weighted by Crippen LogP contribution is 2.24. The summed E-state index contributed by atoms with van der Waals surface area (Å²) in [7, 11) is 7.72. The number of likely N-dealkylation sites (N-methyl/N-ethyl adjacent to an activating group) is 1. The van der Waals surface area contributed by atoms with Crippen molar-refractivity contribution in [3.8, 4) is 5.75 Å². The lowest BCUT2D eigenvalue weighted by Gasteiger charge is -2.38. The Morgan fingerprint density at radius 1 is 0.970 bits per heavy atom. The van der Waals surface area contributed by atoms with Crippen molar-refractivity contribution in [2.24, 2.45) is 0 Å². The molecule has 8 heteroatoms. The van der Waals surface area contributed by atoms with E-state index in [4.69, 9.17) is 4.74 Å². The topological polar surface area (TPSA) is 77.1 Å². The van der Waals surface area contributed by atoms with Gasteiger partial charge in [0.2, 0.25) is 0 Å². The van der Waals surface area contributed by atoms with Gasteiger partial charge in [0.15, 0.2) is 0 Å². The Labute approximate surface area is 196 Å². The van der Waals surface area contributed by atoms with E-state index < -0.39 is 11.8 Å². The number of rotatable bonds is 8. The molecule has 2 N–H and O–H groups in total. The van der Waals surface area contributed by atoms with E-state index in [2.05, 4.69) is 56.6 Å². The molecule has 0 radical (unpaired) electrons. The first-order valence-electron chi connectivity index (χ1n) is 11.3. The summed E-state index contributed by atoms with van der Waals surface area (Å²) in [6.45, 7) is 4.36. The van der Waals surface area contributed by atoms with Gasteiger partial charge in [-0.15, -0.1) is 0 Å². The van der Waals surface area contributed by atoms with Gasteiger partial charge >= 0.3 is 11.8 Å². The molecule has 2 aromatic rings. The molecule has 3 rings (SSSR count). The minimum atomic E-state index is -0.652. The summed E-state index contributed by atoms with van der Waals surface area (Å²) < 4.78 is 5.30. The second kappa shape index (κ2) is 11.7. The molecule has 0 unspecified atom stereocenters. The number of hydrogen-bond acceptors (Lipinski definition) is 6. The lowest BCUT2D eigenvalue weighted by molar-refractivity contribution is -0.139. The number of carbonyl (C=O) groups is 2. The van der Waals surface area contributed by atoms with Crippen LogP contribution in [0, 0.1) is 0 Å². The molecule has 0 saturated carbocycles. The van der Waals surface area contributed by atoms with Crippen molar-refractivity contribution in [1.82, 2.24) is 20.4 Å². The van der Waals surface area contributed by atoms with E-state index in [-0.39, 0.29) is 12.6 Å². The molecular weight excluding hydrogens is 418 g/mol. The number of anilines is 1. The molecule has 33 heavy (non-hydrogen) atoms. The molecule has 1 aliphatic heterocycles. The fourth-order valence-electron chi connectivity index (χ4n) is 3.96. The number of carbonyl (C=O) groups excluding carboxylic acids is 2. The number of piperazine rings is 1. The van der Waals surface area contributed by atoms with E-state index >= 15 is 0 Å². The van der Waals surface area contributed by atoms with Gasteiger partial charge in [-0.2, -0.15) is 0 Å². The second-order valence-electron chi connectivity index (χ2n) is 8.55. The second-order valence-corrected chi connectivity index (χ2v) is 8.55. The van der Waals surface area contributed by atoms with Crippen molar-refractivity contribution in [1.29, 1.82) is 0 Å². The zero-order chi connectivity index (χ0) is 23.8. The SMILES string of the molecule is COc1ccccc1CNC(=O)C(=O)NC[C@H](c1ccc(N(C)C)cc1)N1CCN(C)CC1. The van der Waals surface area contributed by atoms with Gasteiger partial charge in [-0.1, -0.05) is 30.3 Å². The zero-order valence-corrected chi connectivity index (χ0v) is 20.0. The summed E-state index contributed by atoms with van der Waals surface area (Å²) in [6.07, 6.45) is 0. The van der Waals surface area contributed by atoms with Crippen molar-refractivity contribution in [2.45, 2.75) is 12.6 Å². The molecule has 1 fully saturated rings. The fraction of sp³-hybridized carbons (Fsp3) is 0.440. The van der Waals surface area contributed by atoms with Gasteiger partial charge in [-0.05, 0) is 30.8 Å². The van der Waals surface area contributed by atoms with E-state index in [0.29, 0.717) is 12.3 Å². The molecule has 0 spiro atoms. The van der Waals surface area contributed by atoms with Crippen LogP contribution in [0.2, 0.25) is 0 Å². The first-order chi connectivity index (χ1) is 15.9. The molecule has 2 aromatic carbocycles. The first-order valence-corrected chi connectivity index (χ1v) is 11.3. The summed E-state index contributed by atoms with van der Waals surface area (Å²) in [4.78, 5) is 31.7. The molecular formula is C25H35N5O3. The summed E-state index contributed by atoms with van der Waals surface area (Å²) in [5, 5.41) is 5.53. The molecule has 0 bridgehead atoms. The molecule has 0 aliphatic carbocycles. The van der Waals surface area contributed by atoms with E-state index in [1.165, 1.54) is 0 Å². The number of nitrogens with one attached hydrogen (secondary N) is 2. The molecule has 0 aromatic heterocycles. The molecule has 1 heterocycles. The minimum Gasteiger partial charge on any atom is -0.496 e. The van der Waals surface area contributed by atoms with Gasteiger partial charge in [0.1, 0.15) is 5.75 Å². The summed E-state index contributed by atoms with van der Waals surface area (Å²) in [5.41, 5.74) is 3.06. The average molecular weight is 454 g/mol. The Balaban J connectivity index is 1.62. The number of ether oxygens (including phenoxy) is 1. The first kappa shape index (κ1) is 24.5. The largest absolute Gasteiger partial charge is 0.496 e. The summed E-state index contributed by atoms with van der Waals surface area (Å²) >= 11 is 0. The van der Waals surface area contributed by atoms with Crippen LogP contribution in [-0.2, 0) is 16.1 Å². The van der Waals surface area contributed by atoms with Crippen LogP contribution >= 0.6 is 0 Å². The van der Waals surface area contributed by atoms with Gasteiger partial charge < -0.3 is 25.2 Å².